The van der Waals surface area contributed by atoms with Gasteiger partial charge < -0.3 is 20.1 Å². The number of ether oxygens (including phenoxy) is 1. The summed E-state index contributed by atoms with van der Waals surface area (Å²) in [5.41, 5.74) is -1.68. The number of nitrogens with zero attached hydrogens (tertiary/aromatic N) is 6. The second kappa shape index (κ2) is 11.1. The zero-order chi connectivity index (χ0) is 29.8. The molecule has 1 aliphatic heterocycles. The van der Waals surface area contributed by atoms with Crippen molar-refractivity contribution >= 4 is 34.8 Å². The molecular weight excluding hydrogens is 619 g/mol. The number of alkyl halides is 3. The molecule has 1 fully saturated rings. The molecule has 17 heteroatoms. The molecule has 0 spiro atoms. The summed E-state index contributed by atoms with van der Waals surface area (Å²) in [7, 11) is 0. The summed E-state index contributed by atoms with van der Waals surface area (Å²) in [6.45, 7) is 0.667. The van der Waals surface area contributed by atoms with E-state index in [2.05, 4.69) is 20.4 Å². The van der Waals surface area contributed by atoms with Crippen molar-refractivity contribution in [1.29, 1.82) is 0 Å². The number of rotatable bonds is 5. The van der Waals surface area contributed by atoms with E-state index in [-0.39, 0.29) is 38.0 Å². The molecule has 41 heavy (non-hydrogen) atoms. The Morgan fingerprint density at radius 1 is 1.05 bits per heavy atom. The first kappa shape index (κ1) is 29.6. The largest absolute Gasteiger partial charge is 0.418 e. The zero-order valence-corrected chi connectivity index (χ0v) is 22.9. The second-order valence-corrected chi connectivity index (χ2v) is 10.4. The highest BCUT2D eigenvalue weighted by atomic mass is 35.5. The molecule has 0 unspecified atom stereocenters. The van der Waals surface area contributed by atoms with Gasteiger partial charge in [0.1, 0.15) is 47.8 Å². The molecule has 218 valence electrons. The molecule has 4 aromatic rings. The molecular formula is C24H19Cl3F4N6O4. The Kier molecular flexibility index (Phi) is 8.02. The SMILES string of the molecule is Cc1nc([C@@H]2O[C@H](CO)[C@H](O)[C@H](n3cc(-c4cc(Cl)c(Cl)cc4F)nn3)[C@H]2O)n(-c2cc(Cl)ccc2C(F)(F)F)n1. The van der Waals surface area contributed by atoms with Crippen LogP contribution in [-0.4, -0.2) is 70.0 Å². The number of aliphatic hydroxyl groups excluding tert-OH is 3. The van der Waals surface area contributed by atoms with Crippen molar-refractivity contribution < 1.29 is 37.6 Å². The van der Waals surface area contributed by atoms with Crippen molar-refractivity contribution in [2.24, 2.45) is 0 Å². The Bertz CT molecular complexity index is 1600. The van der Waals surface area contributed by atoms with Gasteiger partial charge in [0, 0.05) is 10.6 Å². The second-order valence-electron chi connectivity index (χ2n) is 9.17. The molecule has 2 aromatic heterocycles. The Labute approximate surface area is 243 Å². The fourth-order valence-corrected chi connectivity index (χ4v) is 5.09. The maximum Gasteiger partial charge on any atom is 0.418 e. The molecule has 3 N–H and O–H groups in total. The van der Waals surface area contributed by atoms with E-state index in [9.17, 15) is 32.9 Å². The number of benzene rings is 2. The highest BCUT2D eigenvalue weighted by Crippen LogP contribution is 2.41. The Hall–Kier alpha value is -2.85. The third kappa shape index (κ3) is 5.52. The summed E-state index contributed by atoms with van der Waals surface area (Å²) in [5, 5.41) is 44.2. The van der Waals surface area contributed by atoms with E-state index in [1.807, 2.05) is 0 Å². The molecule has 2 aromatic carbocycles. The molecule has 0 saturated carbocycles. The Morgan fingerprint density at radius 3 is 2.44 bits per heavy atom. The predicted octanol–water partition coefficient (Wildman–Crippen LogP) is 4.35. The number of hydrogen-bond acceptors (Lipinski definition) is 8. The topological polar surface area (TPSA) is 131 Å². The van der Waals surface area contributed by atoms with E-state index in [1.54, 1.807) is 0 Å². The lowest BCUT2D eigenvalue weighted by Crippen LogP contribution is -2.53. The van der Waals surface area contributed by atoms with Gasteiger partial charge in [0.05, 0.1) is 34.1 Å². The average Bonchev–Trinajstić information content (AvgIpc) is 3.53. The standard InChI is InChI=1S/C24H19Cl3F4N6O4/c1-9-32-23(37(34-9)17-4-10(25)2-3-12(17)24(29,30)31)22-21(40)19(20(39)18(8-38)41-22)36-7-16(33-35-36)11-5-13(26)14(27)6-15(11)28/h2-7,18-22,38-40H,8H2,1H3/t18-,19+,20+,21-,22-/m1/s1. The van der Waals surface area contributed by atoms with Gasteiger partial charge in [-0.25, -0.2) is 18.7 Å². The minimum absolute atomic E-state index is 0.0246. The smallest absolute Gasteiger partial charge is 0.394 e. The molecule has 3 heterocycles. The molecule has 10 nitrogen and oxygen atoms in total. The van der Waals surface area contributed by atoms with Gasteiger partial charge in [-0.1, -0.05) is 40.0 Å². The first-order valence-electron chi connectivity index (χ1n) is 11.8. The van der Waals surface area contributed by atoms with E-state index >= 15 is 0 Å². The number of aryl methyl sites for hydroxylation is 1. The van der Waals surface area contributed by atoms with Crippen molar-refractivity contribution in [2.45, 2.75) is 43.6 Å². The van der Waals surface area contributed by atoms with Crippen LogP contribution in [0.25, 0.3) is 16.9 Å². The van der Waals surface area contributed by atoms with Gasteiger partial charge >= 0.3 is 6.18 Å². The van der Waals surface area contributed by atoms with Crippen LogP contribution in [0.3, 0.4) is 0 Å². The molecule has 0 radical (unpaired) electrons. The van der Waals surface area contributed by atoms with Gasteiger partial charge in [0.25, 0.3) is 0 Å². The lowest BCUT2D eigenvalue weighted by atomic mass is 9.92. The summed E-state index contributed by atoms with van der Waals surface area (Å²) < 4.78 is 63.8. The lowest BCUT2D eigenvalue weighted by Gasteiger charge is -2.41. The molecule has 0 bridgehead atoms. The number of halogens is 7. The molecule has 0 aliphatic carbocycles. The van der Waals surface area contributed by atoms with Crippen LogP contribution in [0, 0.1) is 12.7 Å². The maximum absolute atomic E-state index is 14.6. The predicted molar refractivity (Wildman–Crippen MR) is 137 cm³/mol. The minimum atomic E-state index is -4.80. The minimum Gasteiger partial charge on any atom is -0.394 e. The first-order chi connectivity index (χ1) is 19.3. The Morgan fingerprint density at radius 2 is 1.76 bits per heavy atom. The van der Waals surface area contributed by atoms with E-state index in [1.165, 1.54) is 19.2 Å². The van der Waals surface area contributed by atoms with Gasteiger partial charge in [-0.05, 0) is 37.3 Å². The summed E-state index contributed by atoms with van der Waals surface area (Å²) in [6, 6.07) is 3.69. The first-order valence-corrected chi connectivity index (χ1v) is 12.9. The van der Waals surface area contributed by atoms with Crippen molar-refractivity contribution in [1.82, 2.24) is 29.8 Å². The van der Waals surface area contributed by atoms with Crippen molar-refractivity contribution in [3.05, 3.63) is 74.6 Å². The fraction of sp³-hybridized carbons (Fsp3) is 0.333. The van der Waals surface area contributed by atoms with E-state index in [4.69, 9.17) is 39.5 Å². The lowest BCUT2D eigenvalue weighted by molar-refractivity contribution is -0.210. The van der Waals surface area contributed by atoms with Crippen LogP contribution in [0.4, 0.5) is 17.6 Å². The zero-order valence-electron chi connectivity index (χ0n) is 20.6. The van der Waals surface area contributed by atoms with E-state index < -0.39 is 60.3 Å². The van der Waals surface area contributed by atoms with Crippen LogP contribution in [0.1, 0.15) is 29.4 Å². The molecule has 1 saturated heterocycles. The molecule has 0 amide bonds. The van der Waals surface area contributed by atoms with Crippen molar-refractivity contribution in [2.75, 3.05) is 6.61 Å². The van der Waals surface area contributed by atoms with Gasteiger partial charge in [0.2, 0.25) is 0 Å². The summed E-state index contributed by atoms with van der Waals surface area (Å²) in [4.78, 5) is 4.19. The normalized spacial score (nSPS) is 23.2. The van der Waals surface area contributed by atoms with Crippen molar-refractivity contribution in [3.63, 3.8) is 0 Å². The number of hydrogen-bond donors (Lipinski definition) is 3. The van der Waals surface area contributed by atoms with Gasteiger partial charge in [-0.2, -0.15) is 18.3 Å². The maximum atomic E-state index is 14.6. The molecule has 5 rings (SSSR count). The highest BCUT2D eigenvalue weighted by molar-refractivity contribution is 6.42. The van der Waals surface area contributed by atoms with Crippen LogP contribution in [0.5, 0.6) is 0 Å². The van der Waals surface area contributed by atoms with Crippen LogP contribution in [-0.2, 0) is 10.9 Å². The third-order valence-electron chi connectivity index (χ3n) is 6.48. The van der Waals surface area contributed by atoms with Crippen LogP contribution in [0.15, 0.2) is 36.5 Å². The molecule has 1 aliphatic rings. The number of aromatic nitrogens is 6. The van der Waals surface area contributed by atoms with Gasteiger partial charge in [0.15, 0.2) is 5.82 Å². The van der Waals surface area contributed by atoms with Crippen LogP contribution < -0.4 is 0 Å². The monoisotopic (exact) mass is 636 g/mol. The number of aliphatic hydroxyl groups is 3. The van der Waals surface area contributed by atoms with Crippen molar-refractivity contribution in [3.8, 4) is 16.9 Å². The summed E-state index contributed by atoms with van der Waals surface area (Å²) in [6.07, 6.45) is -9.78. The van der Waals surface area contributed by atoms with Gasteiger partial charge in [-0.3, -0.25) is 0 Å². The van der Waals surface area contributed by atoms with Gasteiger partial charge in [-0.15, -0.1) is 5.10 Å². The van der Waals surface area contributed by atoms with E-state index in [0.717, 1.165) is 33.6 Å². The third-order valence-corrected chi connectivity index (χ3v) is 7.44. The van der Waals surface area contributed by atoms with Crippen LogP contribution in [0.2, 0.25) is 15.1 Å². The summed E-state index contributed by atoms with van der Waals surface area (Å²) >= 11 is 17.9. The fourth-order valence-electron chi connectivity index (χ4n) is 4.61. The molecule has 5 atom stereocenters. The van der Waals surface area contributed by atoms with Crippen LogP contribution >= 0.6 is 34.8 Å². The highest BCUT2D eigenvalue weighted by Gasteiger charge is 2.49. The quantitative estimate of drug-likeness (QED) is 0.218. The Balaban J connectivity index is 1.59. The summed E-state index contributed by atoms with van der Waals surface area (Å²) in [5.74, 6) is -1.00. The van der Waals surface area contributed by atoms with E-state index in [0.29, 0.717) is 0 Å². The average molecular weight is 638 g/mol.